The Morgan fingerprint density at radius 2 is 1.81 bits per heavy atom. The highest BCUT2D eigenvalue weighted by Gasteiger charge is 2.38. The second-order valence-corrected chi connectivity index (χ2v) is 7.66. The van der Waals surface area contributed by atoms with Gasteiger partial charge in [-0.15, -0.1) is 12.4 Å². The number of methoxy groups -OCH3 is 1. The molecule has 0 saturated heterocycles. The molecule has 2 aromatic rings. The van der Waals surface area contributed by atoms with Gasteiger partial charge in [0.25, 0.3) is 5.91 Å². The van der Waals surface area contributed by atoms with Gasteiger partial charge >= 0.3 is 6.18 Å². The van der Waals surface area contributed by atoms with Crippen LogP contribution in [-0.4, -0.2) is 56.3 Å². The van der Waals surface area contributed by atoms with E-state index in [0.717, 1.165) is 12.1 Å². The van der Waals surface area contributed by atoms with Crippen molar-refractivity contribution >= 4 is 24.0 Å². The largest absolute Gasteiger partial charge is 0.497 e. The number of alkyl halides is 3. The lowest BCUT2D eigenvalue weighted by atomic mass is 9.87. The van der Waals surface area contributed by atoms with Gasteiger partial charge in [-0.25, -0.2) is 0 Å². The molecule has 1 amide bonds. The molecule has 1 aliphatic heterocycles. The van der Waals surface area contributed by atoms with Gasteiger partial charge in [-0.3, -0.25) is 4.79 Å². The first-order chi connectivity index (χ1) is 14.1. The summed E-state index contributed by atoms with van der Waals surface area (Å²) < 4.78 is 45.1. The number of benzene rings is 2. The summed E-state index contributed by atoms with van der Waals surface area (Å²) >= 11 is 0. The van der Waals surface area contributed by atoms with Crippen molar-refractivity contribution in [2.24, 2.45) is 0 Å². The van der Waals surface area contributed by atoms with Crippen LogP contribution in [0.1, 0.15) is 22.6 Å². The second kappa shape index (κ2) is 9.89. The molecule has 0 bridgehead atoms. The fraction of sp³-hybridized carbons (Fsp3) is 0.409. The van der Waals surface area contributed by atoms with E-state index in [9.17, 15) is 23.1 Å². The van der Waals surface area contributed by atoms with Crippen molar-refractivity contribution in [3.05, 3.63) is 59.2 Å². The molecule has 3 rings (SSSR count). The maximum absolute atomic E-state index is 13.3. The highest BCUT2D eigenvalue weighted by atomic mass is 35.5. The van der Waals surface area contributed by atoms with E-state index >= 15 is 0 Å². The molecule has 5 nitrogen and oxygen atoms in total. The number of aliphatic hydroxyl groups is 1. The van der Waals surface area contributed by atoms with E-state index in [1.807, 2.05) is 19.0 Å². The average molecular weight is 459 g/mol. The molecule has 2 atom stereocenters. The lowest BCUT2D eigenvalue weighted by Crippen LogP contribution is -2.43. The van der Waals surface area contributed by atoms with Crippen LogP contribution in [-0.2, 0) is 17.4 Å². The number of hydrogen-bond acceptors (Lipinski definition) is 4. The van der Waals surface area contributed by atoms with Gasteiger partial charge < -0.3 is 19.6 Å². The van der Waals surface area contributed by atoms with Crippen LogP contribution in [0.3, 0.4) is 0 Å². The fourth-order valence-corrected chi connectivity index (χ4v) is 3.67. The third-order valence-electron chi connectivity index (χ3n) is 5.35. The fourth-order valence-electron chi connectivity index (χ4n) is 3.67. The molecule has 0 unspecified atom stereocenters. The van der Waals surface area contributed by atoms with E-state index < -0.39 is 29.7 Å². The number of hydrogen-bond donors (Lipinski definition) is 1. The van der Waals surface area contributed by atoms with Crippen LogP contribution < -0.4 is 9.64 Å². The van der Waals surface area contributed by atoms with Crippen LogP contribution in [0.5, 0.6) is 5.75 Å². The summed E-state index contributed by atoms with van der Waals surface area (Å²) in [6.07, 6.45) is -5.76. The average Bonchev–Trinajstić information content (AvgIpc) is 2.80. The minimum absolute atomic E-state index is 0. The van der Waals surface area contributed by atoms with Gasteiger partial charge in [0.05, 0.1) is 12.7 Å². The third-order valence-corrected chi connectivity index (χ3v) is 5.35. The maximum Gasteiger partial charge on any atom is 0.416 e. The van der Waals surface area contributed by atoms with Crippen molar-refractivity contribution in [2.75, 3.05) is 39.2 Å². The predicted molar refractivity (Wildman–Crippen MR) is 115 cm³/mol. The predicted octanol–water partition coefficient (Wildman–Crippen LogP) is 3.73. The second-order valence-electron chi connectivity index (χ2n) is 7.66. The number of ether oxygens (including phenoxy) is 1. The summed E-state index contributed by atoms with van der Waals surface area (Å²) in [7, 11) is 5.20. The zero-order valence-electron chi connectivity index (χ0n) is 17.5. The smallest absolute Gasteiger partial charge is 0.416 e. The highest BCUT2D eigenvalue weighted by Crippen LogP contribution is 2.39. The molecule has 170 valence electrons. The Morgan fingerprint density at radius 3 is 2.35 bits per heavy atom. The van der Waals surface area contributed by atoms with Crippen LogP contribution in [0, 0.1) is 0 Å². The molecule has 0 aliphatic carbocycles. The lowest BCUT2D eigenvalue weighted by molar-refractivity contribution is -0.137. The van der Waals surface area contributed by atoms with Crippen molar-refractivity contribution in [3.63, 3.8) is 0 Å². The number of likely N-dealkylation sites (N-methyl/N-ethyl adjacent to an activating group) is 1. The van der Waals surface area contributed by atoms with E-state index in [4.69, 9.17) is 4.74 Å². The van der Waals surface area contributed by atoms with Gasteiger partial charge in [-0.05, 0) is 62.0 Å². The van der Waals surface area contributed by atoms with E-state index in [1.54, 1.807) is 24.3 Å². The Morgan fingerprint density at radius 1 is 1.16 bits per heavy atom. The van der Waals surface area contributed by atoms with Gasteiger partial charge in [0.2, 0.25) is 0 Å². The summed E-state index contributed by atoms with van der Waals surface area (Å²) in [4.78, 5) is 16.4. The van der Waals surface area contributed by atoms with Crippen molar-refractivity contribution < 1.29 is 27.8 Å². The molecule has 0 spiro atoms. The van der Waals surface area contributed by atoms with Crippen LogP contribution in [0.25, 0.3) is 0 Å². The van der Waals surface area contributed by atoms with E-state index in [2.05, 4.69) is 0 Å². The standard InChI is InChI=1S/C22H25F3N2O3.ClH/c1-26(2)10-11-27-19-9-6-16(22(23,24)25)12-15(19)13-18(20(28)21(27)29)14-4-7-17(30-3)8-5-14;/h4-9,12,18,20,28H,10-11,13H2,1-3H3;1H/t18-,20+;/m1./s1. The summed E-state index contributed by atoms with van der Waals surface area (Å²) in [6, 6.07) is 10.2. The third kappa shape index (κ3) is 5.50. The van der Waals surface area contributed by atoms with Crippen molar-refractivity contribution in [1.29, 1.82) is 0 Å². The van der Waals surface area contributed by atoms with Gasteiger partial charge in [0, 0.05) is 24.7 Å². The molecule has 2 aromatic carbocycles. The molecule has 31 heavy (non-hydrogen) atoms. The quantitative estimate of drug-likeness (QED) is 0.741. The summed E-state index contributed by atoms with van der Waals surface area (Å²) in [5.41, 5.74) is 0.680. The summed E-state index contributed by atoms with van der Waals surface area (Å²) in [5.74, 6) is -0.577. The van der Waals surface area contributed by atoms with Gasteiger partial charge in [-0.1, -0.05) is 12.1 Å². The minimum atomic E-state index is -4.49. The Hall–Kier alpha value is -2.29. The SMILES string of the molecule is COc1ccc([C@H]2Cc3cc(C(F)(F)F)ccc3N(CCN(C)C)C(=O)[C@H]2O)cc1.Cl. The number of aliphatic hydroxyl groups excluding tert-OH is 1. The number of carbonyl (C=O) groups excluding carboxylic acids is 1. The molecule has 0 radical (unpaired) electrons. The number of nitrogens with zero attached hydrogens (tertiary/aromatic N) is 2. The number of anilines is 1. The number of carbonyl (C=O) groups is 1. The minimum Gasteiger partial charge on any atom is -0.497 e. The first-order valence-corrected chi connectivity index (χ1v) is 9.60. The van der Waals surface area contributed by atoms with Crippen LogP contribution >= 0.6 is 12.4 Å². The topological polar surface area (TPSA) is 53.0 Å². The number of rotatable bonds is 5. The van der Waals surface area contributed by atoms with Crippen molar-refractivity contribution in [2.45, 2.75) is 24.6 Å². The van der Waals surface area contributed by atoms with E-state index in [1.165, 1.54) is 18.1 Å². The number of amides is 1. The van der Waals surface area contributed by atoms with Crippen molar-refractivity contribution in [3.8, 4) is 5.75 Å². The van der Waals surface area contributed by atoms with E-state index in [0.29, 0.717) is 29.1 Å². The molecule has 0 saturated carbocycles. The molecular formula is C22H26ClF3N2O3. The normalized spacial score (nSPS) is 19.0. The molecule has 0 fully saturated rings. The summed E-state index contributed by atoms with van der Waals surface area (Å²) in [6.45, 7) is 0.767. The van der Waals surface area contributed by atoms with Gasteiger partial charge in [-0.2, -0.15) is 13.2 Å². The molecular weight excluding hydrogens is 433 g/mol. The molecule has 0 aromatic heterocycles. The Kier molecular flexibility index (Phi) is 7.97. The monoisotopic (exact) mass is 458 g/mol. The first-order valence-electron chi connectivity index (χ1n) is 9.60. The Balaban J connectivity index is 0.00000341. The molecule has 1 heterocycles. The number of fused-ring (bicyclic) bond motifs is 1. The highest BCUT2D eigenvalue weighted by molar-refractivity contribution is 5.98. The Bertz CT molecular complexity index is 904. The van der Waals surface area contributed by atoms with Gasteiger partial charge in [0.15, 0.2) is 0 Å². The van der Waals surface area contributed by atoms with Gasteiger partial charge in [0.1, 0.15) is 11.9 Å². The van der Waals surface area contributed by atoms with Crippen LogP contribution in [0.2, 0.25) is 0 Å². The Labute approximate surface area is 185 Å². The molecule has 9 heteroatoms. The van der Waals surface area contributed by atoms with Crippen LogP contribution in [0.4, 0.5) is 18.9 Å². The number of halogens is 4. The molecule has 1 aliphatic rings. The van der Waals surface area contributed by atoms with Crippen molar-refractivity contribution in [1.82, 2.24) is 4.90 Å². The lowest BCUT2D eigenvalue weighted by Gasteiger charge is -2.27. The summed E-state index contributed by atoms with van der Waals surface area (Å²) in [5, 5.41) is 10.9. The van der Waals surface area contributed by atoms with E-state index in [-0.39, 0.29) is 25.4 Å². The zero-order chi connectivity index (χ0) is 22.1. The molecule has 1 N–H and O–H groups in total. The first kappa shape index (κ1) is 25.0. The van der Waals surface area contributed by atoms with Crippen LogP contribution in [0.15, 0.2) is 42.5 Å². The zero-order valence-corrected chi connectivity index (χ0v) is 18.3. The maximum atomic E-state index is 13.3.